The average molecular weight is 288 g/mol. The minimum atomic E-state index is -0.173. The van der Waals surface area contributed by atoms with Crippen LogP contribution in [-0.2, 0) is 0 Å². The quantitative estimate of drug-likeness (QED) is 0.466. The van der Waals surface area contributed by atoms with Gasteiger partial charge in [0, 0.05) is 24.1 Å². The highest BCUT2D eigenvalue weighted by molar-refractivity contribution is 7.99. The molecule has 4 nitrogen and oxygen atoms in total. The Morgan fingerprint density at radius 2 is 2.05 bits per heavy atom. The summed E-state index contributed by atoms with van der Waals surface area (Å²) < 4.78 is 7.74. The first kappa shape index (κ1) is 13.2. The van der Waals surface area contributed by atoms with Crippen LogP contribution in [0.25, 0.3) is 0 Å². The van der Waals surface area contributed by atoms with Crippen molar-refractivity contribution in [3.05, 3.63) is 52.9 Å². The van der Waals surface area contributed by atoms with Crippen molar-refractivity contribution in [1.29, 1.82) is 0 Å². The lowest BCUT2D eigenvalue weighted by Crippen LogP contribution is -2.13. The van der Waals surface area contributed by atoms with Gasteiger partial charge in [-0.1, -0.05) is 30.0 Å². The van der Waals surface area contributed by atoms with Crippen LogP contribution in [0, 0.1) is 0 Å². The van der Waals surface area contributed by atoms with E-state index in [-0.39, 0.29) is 5.56 Å². The van der Waals surface area contributed by atoms with Crippen molar-refractivity contribution < 1.29 is 4.74 Å². The largest absolute Gasteiger partial charge is 0.493 e. The summed E-state index contributed by atoms with van der Waals surface area (Å²) in [6, 6.07) is 11.8. The molecule has 1 aromatic heterocycles. The molecule has 1 heterocycles. The van der Waals surface area contributed by atoms with Gasteiger partial charge in [-0.25, -0.2) is 0 Å². The third-order valence-corrected chi connectivity index (χ3v) is 4.00. The van der Waals surface area contributed by atoms with Crippen LogP contribution in [0.2, 0.25) is 0 Å². The van der Waals surface area contributed by atoms with E-state index in [9.17, 15) is 4.79 Å². The SMILES string of the molecule is O=c1ccn(C2CC2)c(SCCOc2ccccc2)n1. The van der Waals surface area contributed by atoms with E-state index in [4.69, 9.17) is 4.74 Å². The van der Waals surface area contributed by atoms with Crippen molar-refractivity contribution in [3.8, 4) is 5.75 Å². The van der Waals surface area contributed by atoms with Gasteiger partial charge in [-0.15, -0.1) is 0 Å². The van der Waals surface area contributed by atoms with Crippen molar-refractivity contribution in [3.63, 3.8) is 0 Å². The molecule has 5 heteroatoms. The van der Waals surface area contributed by atoms with Crippen LogP contribution in [0.3, 0.4) is 0 Å². The summed E-state index contributed by atoms with van der Waals surface area (Å²) in [5, 5.41) is 0.802. The highest BCUT2D eigenvalue weighted by Gasteiger charge is 2.25. The first-order valence-electron chi connectivity index (χ1n) is 6.73. The molecular weight excluding hydrogens is 272 g/mol. The summed E-state index contributed by atoms with van der Waals surface area (Å²) in [5.41, 5.74) is -0.173. The van der Waals surface area contributed by atoms with E-state index in [0.29, 0.717) is 12.6 Å². The smallest absolute Gasteiger partial charge is 0.273 e. The molecule has 1 saturated carbocycles. The molecule has 0 bridgehead atoms. The van der Waals surface area contributed by atoms with Crippen molar-refractivity contribution >= 4 is 11.8 Å². The Kier molecular flexibility index (Phi) is 4.06. The molecule has 0 amide bonds. The van der Waals surface area contributed by atoms with Crippen LogP contribution in [0.4, 0.5) is 0 Å². The van der Waals surface area contributed by atoms with Gasteiger partial charge in [-0.2, -0.15) is 4.98 Å². The highest BCUT2D eigenvalue weighted by atomic mass is 32.2. The van der Waals surface area contributed by atoms with Crippen molar-refractivity contribution in [2.75, 3.05) is 12.4 Å². The van der Waals surface area contributed by atoms with E-state index in [0.717, 1.165) is 16.7 Å². The fourth-order valence-corrected chi connectivity index (χ4v) is 2.81. The molecule has 1 aromatic carbocycles. The molecule has 0 unspecified atom stereocenters. The van der Waals surface area contributed by atoms with Crippen LogP contribution in [0.15, 0.2) is 52.5 Å². The number of benzene rings is 1. The molecule has 0 atom stereocenters. The third kappa shape index (κ3) is 3.42. The number of para-hydroxylation sites is 1. The summed E-state index contributed by atoms with van der Waals surface area (Å²) in [6.07, 6.45) is 4.21. The second-order valence-corrected chi connectivity index (χ2v) is 5.76. The number of hydrogen-bond acceptors (Lipinski definition) is 4. The van der Waals surface area contributed by atoms with Crippen LogP contribution < -0.4 is 10.3 Å². The Bertz CT molecular complexity index is 623. The summed E-state index contributed by atoms with van der Waals surface area (Å²) in [4.78, 5) is 15.5. The number of nitrogens with zero attached hydrogens (tertiary/aromatic N) is 2. The van der Waals surface area contributed by atoms with Crippen LogP contribution in [0.1, 0.15) is 18.9 Å². The van der Waals surface area contributed by atoms with Gasteiger partial charge in [0.05, 0.1) is 6.61 Å². The van der Waals surface area contributed by atoms with E-state index in [1.807, 2.05) is 36.5 Å². The van der Waals surface area contributed by atoms with Gasteiger partial charge in [0.15, 0.2) is 5.16 Å². The lowest BCUT2D eigenvalue weighted by molar-refractivity contribution is 0.344. The van der Waals surface area contributed by atoms with E-state index < -0.39 is 0 Å². The predicted octanol–water partition coefficient (Wildman–Crippen LogP) is 2.75. The lowest BCUT2D eigenvalue weighted by atomic mass is 10.3. The van der Waals surface area contributed by atoms with Gasteiger partial charge in [-0.3, -0.25) is 4.79 Å². The molecule has 0 radical (unpaired) electrons. The van der Waals surface area contributed by atoms with E-state index in [2.05, 4.69) is 9.55 Å². The average Bonchev–Trinajstić information content (AvgIpc) is 3.29. The number of thioether (sulfide) groups is 1. The fourth-order valence-electron chi connectivity index (χ4n) is 1.94. The molecule has 3 rings (SSSR count). The zero-order valence-electron chi connectivity index (χ0n) is 11.1. The molecule has 1 aliphatic carbocycles. The monoisotopic (exact) mass is 288 g/mol. The van der Waals surface area contributed by atoms with Crippen molar-refractivity contribution in [1.82, 2.24) is 9.55 Å². The first-order valence-corrected chi connectivity index (χ1v) is 7.71. The van der Waals surface area contributed by atoms with Gasteiger partial charge < -0.3 is 9.30 Å². The number of aromatic nitrogens is 2. The maximum Gasteiger partial charge on any atom is 0.273 e. The first-order chi connectivity index (χ1) is 9.83. The van der Waals surface area contributed by atoms with Crippen molar-refractivity contribution in [2.24, 2.45) is 0 Å². The molecular formula is C15H16N2O2S. The van der Waals surface area contributed by atoms with Gasteiger partial charge in [-0.05, 0) is 25.0 Å². The maximum atomic E-state index is 11.4. The highest BCUT2D eigenvalue weighted by Crippen LogP contribution is 2.36. The van der Waals surface area contributed by atoms with E-state index in [1.54, 1.807) is 11.8 Å². The van der Waals surface area contributed by atoms with E-state index in [1.165, 1.54) is 18.9 Å². The third-order valence-electron chi connectivity index (χ3n) is 3.07. The van der Waals surface area contributed by atoms with Crippen molar-refractivity contribution in [2.45, 2.75) is 24.0 Å². The second kappa shape index (κ2) is 6.13. The number of ether oxygens (including phenoxy) is 1. The summed E-state index contributed by atoms with van der Waals surface area (Å²) in [5.74, 6) is 1.65. The zero-order chi connectivity index (χ0) is 13.8. The minimum absolute atomic E-state index is 0.173. The predicted molar refractivity (Wildman–Crippen MR) is 79.4 cm³/mol. The molecule has 104 valence electrons. The topological polar surface area (TPSA) is 44.1 Å². The Hall–Kier alpha value is -1.75. The molecule has 2 aromatic rings. The van der Waals surface area contributed by atoms with Gasteiger partial charge in [0.25, 0.3) is 5.56 Å². The molecule has 1 fully saturated rings. The fraction of sp³-hybridized carbons (Fsp3) is 0.333. The standard InChI is InChI=1S/C15H16N2O2S/c18-14-8-9-17(12-6-7-12)15(16-14)20-11-10-19-13-4-2-1-3-5-13/h1-5,8-9,12H,6-7,10-11H2. The minimum Gasteiger partial charge on any atom is -0.493 e. The van der Waals surface area contributed by atoms with Crippen LogP contribution in [0.5, 0.6) is 5.75 Å². The van der Waals surface area contributed by atoms with Gasteiger partial charge in [0.2, 0.25) is 0 Å². The lowest BCUT2D eigenvalue weighted by Gasteiger charge is -2.10. The zero-order valence-corrected chi connectivity index (χ0v) is 11.9. The van der Waals surface area contributed by atoms with Gasteiger partial charge in [0.1, 0.15) is 5.75 Å². The maximum absolute atomic E-state index is 11.4. The Balaban J connectivity index is 1.56. The molecule has 20 heavy (non-hydrogen) atoms. The summed E-state index contributed by atoms with van der Waals surface area (Å²) >= 11 is 1.58. The molecule has 0 saturated heterocycles. The molecule has 0 N–H and O–H groups in total. The Morgan fingerprint density at radius 1 is 1.25 bits per heavy atom. The van der Waals surface area contributed by atoms with E-state index >= 15 is 0 Å². The normalized spacial score (nSPS) is 14.2. The molecule has 0 aliphatic heterocycles. The number of hydrogen-bond donors (Lipinski definition) is 0. The molecule has 1 aliphatic rings. The summed E-state index contributed by atoms with van der Waals surface area (Å²) in [7, 11) is 0. The van der Waals surface area contributed by atoms with Crippen LogP contribution >= 0.6 is 11.8 Å². The summed E-state index contributed by atoms with van der Waals surface area (Å²) in [6.45, 7) is 0.601. The molecule has 0 spiro atoms. The van der Waals surface area contributed by atoms with Crippen LogP contribution in [-0.4, -0.2) is 21.9 Å². The Labute approximate surface area is 121 Å². The second-order valence-electron chi connectivity index (χ2n) is 4.70. The Morgan fingerprint density at radius 3 is 2.80 bits per heavy atom. The number of rotatable bonds is 6. The van der Waals surface area contributed by atoms with Gasteiger partial charge >= 0.3 is 0 Å².